The van der Waals surface area contributed by atoms with Crippen LogP contribution in [0.1, 0.15) is 37.8 Å². The lowest BCUT2D eigenvalue weighted by Crippen LogP contribution is -2.51. The quantitative estimate of drug-likeness (QED) is 0.787. The predicted octanol–water partition coefficient (Wildman–Crippen LogP) is 4.31. The molecule has 0 saturated carbocycles. The van der Waals surface area contributed by atoms with Crippen molar-refractivity contribution < 1.29 is 18.7 Å². The number of hydrogen-bond acceptors (Lipinski definition) is 4. The lowest BCUT2D eigenvalue weighted by molar-refractivity contribution is 0.0418. The van der Waals surface area contributed by atoms with E-state index in [4.69, 9.17) is 14.7 Å². The van der Waals surface area contributed by atoms with Crippen LogP contribution in [0, 0.1) is 17.1 Å². The van der Waals surface area contributed by atoms with Gasteiger partial charge in [0.1, 0.15) is 11.6 Å². The number of anilines is 1. The van der Waals surface area contributed by atoms with E-state index in [2.05, 4.69) is 16.7 Å². The molecule has 2 aromatic carbocycles. The molecule has 1 fully saturated rings. The number of carbonyl (C=O) groups excluding carboxylic acids is 1. The van der Waals surface area contributed by atoms with E-state index in [0.717, 1.165) is 5.56 Å². The van der Waals surface area contributed by atoms with Gasteiger partial charge in [0.25, 0.3) is 0 Å². The standard InChI is InChI=1S/C22H24FN3O3/c1-15(2)29-18-7-8-20(19(23)13-18)25-21(27)26-22(9-11-28-12-10-22)17-5-3-16(14-24)4-6-17/h3-8,13,15H,9-12H2,1-2H3,(H2,25,26,27). The van der Waals surface area contributed by atoms with Gasteiger partial charge in [-0.05, 0) is 56.5 Å². The Morgan fingerprint density at radius 1 is 1.21 bits per heavy atom. The number of carbonyl (C=O) groups is 1. The molecule has 6 nitrogen and oxygen atoms in total. The highest BCUT2D eigenvalue weighted by molar-refractivity contribution is 5.90. The van der Waals surface area contributed by atoms with Crippen LogP contribution in [0.15, 0.2) is 42.5 Å². The van der Waals surface area contributed by atoms with E-state index in [1.807, 2.05) is 26.0 Å². The molecule has 1 aliphatic heterocycles. The van der Waals surface area contributed by atoms with Crippen molar-refractivity contribution in [2.45, 2.75) is 38.3 Å². The smallest absolute Gasteiger partial charge is 0.320 e. The van der Waals surface area contributed by atoms with E-state index in [1.54, 1.807) is 18.2 Å². The summed E-state index contributed by atoms with van der Waals surface area (Å²) in [5.41, 5.74) is 0.857. The molecule has 0 atom stereocenters. The van der Waals surface area contributed by atoms with E-state index in [9.17, 15) is 9.18 Å². The zero-order valence-corrected chi connectivity index (χ0v) is 16.5. The van der Waals surface area contributed by atoms with Crippen LogP contribution in [0.3, 0.4) is 0 Å². The highest BCUT2D eigenvalue weighted by Crippen LogP contribution is 2.32. The van der Waals surface area contributed by atoms with E-state index in [1.165, 1.54) is 12.1 Å². The summed E-state index contributed by atoms with van der Waals surface area (Å²) in [6.45, 7) is 4.70. The van der Waals surface area contributed by atoms with E-state index < -0.39 is 17.4 Å². The minimum Gasteiger partial charge on any atom is -0.491 e. The number of amides is 2. The van der Waals surface area contributed by atoms with Crippen LogP contribution in [0.25, 0.3) is 0 Å². The second-order valence-electron chi connectivity index (χ2n) is 7.27. The molecular formula is C22H24FN3O3. The Labute approximate surface area is 169 Å². The minimum atomic E-state index is -0.645. The zero-order chi connectivity index (χ0) is 20.9. The molecule has 3 rings (SSSR count). The van der Waals surface area contributed by atoms with Crippen LogP contribution in [0.4, 0.5) is 14.9 Å². The lowest BCUT2D eigenvalue weighted by Gasteiger charge is -2.38. The van der Waals surface area contributed by atoms with Crippen LogP contribution in [-0.2, 0) is 10.3 Å². The van der Waals surface area contributed by atoms with Gasteiger partial charge in [-0.25, -0.2) is 9.18 Å². The van der Waals surface area contributed by atoms with Crippen molar-refractivity contribution in [3.63, 3.8) is 0 Å². The number of urea groups is 1. The number of rotatable bonds is 5. The summed E-state index contributed by atoms with van der Waals surface area (Å²) in [6, 6.07) is 13.0. The summed E-state index contributed by atoms with van der Waals surface area (Å²) in [4.78, 5) is 12.7. The average Bonchev–Trinajstić information content (AvgIpc) is 2.70. The van der Waals surface area contributed by atoms with Crippen LogP contribution in [-0.4, -0.2) is 25.3 Å². The first-order valence-corrected chi connectivity index (χ1v) is 9.56. The Morgan fingerprint density at radius 3 is 2.48 bits per heavy atom. The Kier molecular flexibility index (Phi) is 6.35. The molecular weight excluding hydrogens is 373 g/mol. The molecule has 0 spiro atoms. The second-order valence-corrected chi connectivity index (χ2v) is 7.27. The SMILES string of the molecule is CC(C)Oc1ccc(NC(=O)NC2(c3ccc(C#N)cc3)CCOCC2)c(F)c1. The molecule has 0 radical (unpaired) electrons. The molecule has 7 heteroatoms. The van der Waals surface area contributed by atoms with Crippen molar-refractivity contribution in [3.05, 3.63) is 59.4 Å². The lowest BCUT2D eigenvalue weighted by atomic mass is 9.82. The number of benzene rings is 2. The van der Waals surface area contributed by atoms with Crippen LogP contribution < -0.4 is 15.4 Å². The van der Waals surface area contributed by atoms with Gasteiger partial charge < -0.3 is 20.1 Å². The largest absolute Gasteiger partial charge is 0.491 e. The fraction of sp³-hybridized carbons (Fsp3) is 0.364. The molecule has 152 valence electrons. The molecule has 0 aliphatic carbocycles. The summed E-state index contributed by atoms with van der Waals surface area (Å²) < 4.78 is 25.3. The molecule has 0 unspecified atom stereocenters. The van der Waals surface area contributed by atoms with Gasteiger partial charge in [-0.3, -0.25) is 0 Å². The fourth-order valence-electron chi connectivity index (χ4n) is 3.38. The normalized spacial score (nSPS) is 15.4. The van der Waals surface area contributed by atoms with Gasteiger partial charge in [-0.15, -0.1) is 0 Å². The maximum Gasteiger partial charge on any atom is 0.320 e. The molecule has 1 heterocycles. The number of hydrogen-bond donors (Lipinski definition) is 2. The van der Waals surface area contributed by atoms with Gasteiger partial charge in [-0.1, -0.05) is 12.1 Å². The average molecular weight is 397 g/mol. The van der Waals surface area contributed by atoms with Crippen LogP contribution in [0.5, 0.6) is 5.75 Å². The number of nitrogens with zero attached hydrogens (tertiary/aromatic N) is 1. The zero-order valence-electron chi connectivity index (χ0n) is 16.5. The van der Waals surface area contributed by atoms with E-state index >= 15 is 0 Å². The van der Waals surface area contributed by atoms with Gasteiger partial charge >= 0.3 is 6.03 Å². The Bertz CT molecular complexity index is 901. The van der Waals surface area contributed by atoms with Gasteiger partial charge in [0.05, 0.1) is 29.0 Å². The first-order chi connectivity index (χ1) is 13.9. The molecule has 2 amide bonds. The molecule has 2 N–H and O–H groups in total. The van der Waals surface area contributed by atoms with Crippen molar-refractivity contribution in [1.29, 1.82) is 5.26 Å². The van der Waals surface area contributed by atoms with Gasteiger partial charge in [-0.2, -0.15) is 5.26 Å². The number of nitrogens with one attached hydrogen (secondary N) is 2. The van der Waals surface area contributed by atoms with Gasteiger partial charge in [0, 0.05) is 19.3 Å². The van der Waals surface area contributed by atoms with Crippen molar-refractivity contribution in [2.24, 2.45) is 0 Å². The Hall–Kier alpha value is -3.11. The van der Waals surface area contributed by atoms with Crippen molar-refractivity contribution in [1.82, 2.24) is 5.32 Å². The number of ether oxygens (including phenoxy) is 2. The molecule has 0 bridgehead atoms. The summed E-state index contributed by atoms with van der Waals surface area (Å²) in [5.74, 6) is -0.167. The first kappa shape index (κ1) is 20.6. The third-order valence-corrected chi connectivity index (χ3v) is 4.83. The summed E-state index contributed by atoms with van der Waals surface area (Å²) in [7, 11) is 0. The highest BCUT2D eigenvalue weighted by Gasteiger charge is 2.36. The van der Waals surface area contributed by atoms with Gasteiger partial charge in [0.2, 0.25) is 0 Å². The van der Waals surface area contributed by atoms with Crippen molar-refractivity contribution in [2.75, 3.05) is 18.5 Å². The van der Waals surface area contributed by atoms with Crippen LogP contribution >= 0.6 is 0 Å². The highest BCUT2D eigenvalue weighted by atomic mass is 19.1. The second kappa shape index (κ2) is 8.93. The molecule has 2 aromatic rings. The van der Waals surface area contributed by atoms with E-state index in [-0.39, 0.29) is 11.8 Å². The summed E-state index contributed by atoms with van der Waals surface area (Å²) in [6.07, 6.45) is 1.09. The molecule has 29 heavy (non-hydrogen) atoms. The third kappa shape index (κ3) is 5.04. The molecule has 0 aromatic heterocycles. The van der Waals surface area contributed by atoms with Crippen molar-refractivity contribution in [3.8, 4) is 11.8 Å². The Morgan fingerprint density at radius 2 is 1.90 bits per heavy atom. The van der Waals surface area contributed by atoms with Gasteiger partial charge in [0.15, 0.2) is 0 Å². The maximum atomic E-state index is 14.4. The monoisotopic (exact) mass is 397 g/mol. The van der Waals surface area contributed by atoms with E-state index in [0.29, 0.717) is 37.4 Å². The van der Waals surface area contributed by atoms with Crippen LogP contribution in [0.2, 0.25) is 0 Å². The predicted molar refractivity (Wildman–Crippen MR) is 107 cm³/mol. The first-order valence-electron chi connectivity index (χ1n) is 9.56. The number of nitriles is 1. The third-order valence-electron chi connectivity index (χ3n) is 4.83. The number of halogens is 1. The van der Waals surface area contributed by atoms with Crippen molar-refractivity contribution >= 4 is 11.7 Å². The molecule has 1 saturated heterocycles. The Balaban J connectivity index is 1.76. The maximum absolute atomic E-state index is 14.4. The molecule has 1 aliphatic rings. The summed E-state index contributed by atoms with van der Waals surface area (Å²) >= 11 is 0. The summed E-state index contributed by atoms with van der Waals surface area (Å²) in [5, 5.41) is 14.6. The topological polar surface area (TPSA) is 83.4 Å². The minimum absolute atomic E-state index is 0.0700. The fourth-order valence-corrected chi connectivity index (χ4v) is 3.38.